The van der Waals surface area contributed by atoms with Gasteiger partial charge in [-0.1, -0.05) is 78.9 Å². The number of nitrogen functional groups attached to an aromatic ring is 1. The molecule has 0 spiro atoms. The van der Waals surface area contributed by atoms with Crippen LogP contribution in [0.2, 0.25) is 0 Å². The maximum atomic E-state index is 5.98. The Balaban J connectivity index is 1.47. The quantitative estimate of drug-likeness (QED) is 0.369. The Bertz CT molecular complexity index is 1310. The summed E-state index contributed by atoms with van der Waals surface area (Å²) < 4.78 is 2.37. The van der Waals surface area contributed by atoms with E-state index in [1.54, 1.807) is 0 Å². The highest BCUT2D eigenvalue weighted by Gasteiger charge is 2.17. The molecule has 164 valence electrons. The number of benzene rings is 2. The van der Waals surface area contributed by atoms with Crippen molar-refractivity contribution in [2.75, 3.05) is 5.73 Å². The van der Waals surface area contributed by atoms with Crippen LogP contribution in [-0.2, 0) is 13.0 Å². The molecular weight excluding hydrogens is 402 g/mol. The SMILES string of the molecule is Cc1ccccc1-c1ccc(C2=CCC(Cc3ccccc3)C=C2)n1Cc1cccc(N)n1. The van der Waals surface area contributed by atoms with Gasteiger partial charge in [0.2, 0.25) is 0 Å². The molecule has 2 aromatic carbocycles. The summed E-state index contributed by atoms with van der Waals surface area (Å²) >= 11 is 0. The van der Waals surface area contributed by atoms with Gasteiger partial charge in [-0.3, -0.25) is 0 Å². The summed E-state index contributed by atoms with van der Waals surface area (Å²) in [5.41, 5.74) is 14.5. The van der Waals surface area contributed by atoms with Gasteiger partial charge in [0, 0.05) is 17.0 Å². The van der Waals surface area contributed by atoms with Gasteiger partial charge >= 0.3 is 0 Å². The minimum Gasteiger partial charge on any atom is -0.384 e. The normalized spacial score (nSPS) is 15.4. The van der Waals surface area contributed by atoms with Gasteiger partial charge in [-0.15, -0.1) is 0 Å². The molecular formula is C30H29N3. The topological polar surface area (TPSA) is 43.8 Å². The fourth-order valence-electron chi connectivity index (χ4n) is 4.66. The number of hydrogen-bond acceptors (Lipinski definition) is 2. The standard InChI is InChI=1S/C30H29N3/c1-22-8-5-6-12-27(22)29-19-18-28(33(29)21-26-11-7-13-30(31)32-26)25-16-14-24(15-17-25)20-23-9-3-2-4-10-23/h2-14,16-19,24H,15,20-21H2,1H3,(H2,31,32). The minimum atomic E-state index is 0.533. The second-order valence-corrected chi connectivity index (χ2v) is 8.76. The molecule has 1 unspecified atom stereocenters. The average molecular weight is 432 g/mol. The second kappa shape index (κ2) is 9.33. The largest absolute Gasteiger partial charge is 0.384 e. The lowest BCUT2D eigenvalue weighted by molar-refractivity contribution is 0.654. The summed E-state index contributed by atoms with van der Waals surface area (Å²) in [4.78, 5) is 4.57. The van der Waals surface area contributed by atoms with E-state index in [1.807, 2.05) is 18.2 Å². The number of aryl methyl sites for hydroxylation is 1. The van der Waals surface area contributed by atoms with Crippen molar-refractivity contribution in [3.8, 4) is 11.3 Å². The molecule has 1 aliphatic rings. The third-order valence-corrected chi connectivity index (χ3v) is 6.38. The average Bonchev–Trinajstić information content (AvgIpc) is 3.24. The highest BCUT2D eigenvalue weighted by Crippen LogP contribution is 2.32. The van der Waals surface area contributed by atoms with Crippen LogP contribution >= 0.6 is 0 Å². The molecule has 33 heavy (non-hydrogen) atoms. The molecule has 1 aliphatic carbocycles. The molecule has 5 rings (SSSR count). The van der Waals surface area contributed by atoms with E-state index in [0.717, 1.165) is 18.5 Å². The fraction of sp³-hybridized carbons (Fsp3) is 0.167. The zero-order chi connectivity index (χ0) is 22.6. The lowest BCUT2D eigenvalue weighted by Crippen LogP contribution is -2.10. The van der Waals surface area contributed by atoms with Gasteiger partial charge in [-0.25, -0.2) is 4.98 Å². The molecule has 0 amide bonds. The molecule has 2 aromatic heterocycles. The molecule has 0 bridgehead atoms. The Morgan fingerprint density at radius 1 is 0.879 bits per heavy atom. The lowest BCUT2D eigenvalue weighted by Gasteiger charge is -2.19. The van der Waals surface area contributed by atoms with Crippen LogP contribution in [0, 0.1) is 12.8 Å². The first-order valence-corrected chi connectivity index (χ1v) is 11.6. The van der Waals surface area contributed by atoms with Crippen molar-refractivity contribution in [3.63, 3.8) is 0 Å². The maximum absolute atomic E-state index is 5.98. The van der Waals surface area contributed by atoms with E-state index in [4.69, 9.17) is 5.73 Å². The molecule has 0 radical (unpaired) electrons. The summed E-state index contributed by atoms with van der Waals surface area (Å²) in [5, 5.41) is 0. The highest BCUT2D eigenvalue weighted by molar-refractivity contribution is 5.77. The number of aromatic nitrogens is 2. The Hall–Kier alpha value is -3.85. The van der Waals surface area contributed by atoms with Crippen LogP contribution in [0.25, 0.3) is 16.8 Å². The summed E-state index contributed by atoms with van der Waals surface area (Å²) in [6.45, 7) is 2.84. The molecule has 2 heterocycles. The summed E-state index contributed by atoms with van der Waals surface area (Å²) in [5.74, 6) is 1.09. The van der Waals surface area contributed by atoms with Gasteiger partial charge in [-0.05, 0) is 66.6 Å². The van der Waals surface area contributed by atoms with Crippen LogP contribution in [-0.4, -0.2) is 9.55 Å². The van der Waals surface area contributed by atoms with Crippen molar-refractivity contribution in [3.05, 3.63) is 126 Å². The number of anilines is 1. The number of pyridine rings is 1. The first-order valence-electron chi connectivity index (χ1n) is 11.6. The highest BCUT2D eigenvalue weighted by atomic mass is 15.0. The number of nitrogens with two attached hydrogens (primary N) is 1. The first-order chi connectivity index (χ1) is 16.2. The van der Waals surface area contributed by atoms with Gasteiger partial charge in [-0.2, -0.15) is 0 Å². The van der Waals surface area contributed by atoms with Crippen molar-refractivity contribution in [2.24, 2.45) is 5.92 Å². The van der Waals surface area contributed by atoms with Gasteiger partial charge < -0.3 is 10.3 Å². The summed E-state index contributed by atoms with van der Waals surface area (Å²) in [6.07, 6.45) is 9.16. The van der Waals surface area contributed by atoms with Crippen LogP contribution < -0.4 is 5.73 Å². The van der Waals surface area contributed by atoms with E-state index in [9.17, 15) is 0 Å². The summed E-state index contributed by atoms with van der Waals surface area (Å²) in [6, 6.07) is 29.6. The fourth-order valence-corrected chi connectivity index (χ4v) is 4.66. The van der Waals surface area contributed by atoms with Crippen LogP contribution in [0.1, 0.15) is 28.9 Å². The Labute approximate surface area is 195 Å². The van der Waals surface area contributed by atoms with Gasteiger partial charge in [0.1, 0.15) is 5.82 Å². The maximum Gasteiger partial charge on any atom is 0.123 e. The molecule has 4 aromatic rings. The lowest BCUT2D eigenvalue weighted by atomic mass is 9.90. The minimum absolute atomic E-state index is 0.533. The van der Waals surface area contributed by atoms with Gasteiger partial charge in [0.15, 0.2) is 0 Å². The number of hydrogen-bond donors (Lipinski definition) is 1. The van der Waals surface area contributed by atoms with Crippen LogP contribution in [0.5, 0.6) is 0 Å². The third-order valence-electron chi connectivity index (χ3n) is 6.38. The van der Waals surface area contributed by atoms with Crippen LogP contribution in [0.15, 0.2) is 103 Å². The molecule has 0 saturated carbocycles. The van der Waals surface area contributed by atoms with Crippen molar-refractivity contribution in [2.45, 2.75) is 26.3 Å². The molecule has 0 saturated heterocycles. The third kappa shape index (κ3) is 4.68. The Morgan fingerprint density at radius 3 is 2.42 bits per heavy atom. The first kappa shape index (κ1) is 21.0. The van der Waals surface area contributed by atoms with Crippen molar-refractivity contribution in [1.29, 1.82) is 0 Å². The van der Waals surface area contributed by atoms with Crippen LogP contribution in [0.3, 0.4) is 0 Å². The molecule has 3 nitrogen and oxygen atoms in total. The van der Waals surface area contributed by atoms with Crippen molar-refractivity contribution >= 4 is 11.4 Å². The van der Waals surface area contributed by atoms with E-state index in [2.05, 4.69) is 101 Å². The number of allylic oxidation sites excluding steroid dienone is 4. The number of nitrogens with zero attached hydrogens (tertiary/aromatic N) is 2. The Kier molecular flexibility index (Phi) is 5.95. The van der Waals surface area contributed by atoms with Gasteiger partial charge in [0.05, 0.1) is 12.2 Å². The summed E-state index contributed by atoms with van der Waals surface area (Å²) in [7, 11) is 0. The monoisotopic (exact) mass is 431 g/mol. The predicted octanol–water partition coefficient (Wildman–Crippen LogP) is 6.69. The Morgan fingerprint density at radius 2 is 1.67 bits per heavy atom. The molecule has 3 heteroatoms. The van der Waals surface area contributed by atoms with Gasteiger partial charge in [0.25, 0.3) is 0 Å². The van der Waals surface area contributed by atoms with E-state index in [1.165, 1.54) is 33.7 Å². The smallest absolute Gasteiger partial charge is 0.123 e. The van der Waals surface area contributed by atoms with E-state index < -0.39 is 0 Å². The van der Waals surface area contributed by atoms with Crippen LogP contribution in [0.4, 0.5) is 5.82 Å². The second-order valence-electron chi connectivity index (χ2n) is 8.76. The molecule has 1 atom stereocenters. The van der Waals surface area contributed by atoms with Crippen molar-refractivity contribution in [1.82, 2.24) is 9.55 Å². The number of rotatable bonds is 6. The molecule has 0 fully saturated rings. The van der Waals surface area contributed by atoms with E-state index in [0.29, 0.717) is 18.3 Å². The molecule has 2 N–H and O–H groups in total. The predicted molar refractivity (Wildman–Crippen MR) is 138 cm³/mol. The zero-order valence-corrected chi connectivity index (χ0v) is 19.0. The molecule has 0 aliphatic heterocycles. The van der Waals surface area contributed by atoms with E-state index >= 15 is 0 Å². The van der Waals surface area contributed by atoms with E-state index in [-0.39, 0.29) is 0 Å². The van der Waals surface area contributed by atoms with Crippen molar-refractivity contribution < 1.29 is 0 Å². The zero-order valence-electron chi connectivity index (χ0n) is 19.0.